The Labute approximate surface area is 218 Å². The van der Waals surface area contributed by atoms with Gasteiger partial charge in [0.15, 0.2) is 5.82 Å². The van der Waals surface area contributed by atoms with Gasteiger partial charge >= 0.3 is 0 Å². The normalized spacial score (nSPS) is 11.5. The smallest absolute Gasteiger partial charge is 0.216 e. The molecule has 0 saturated heterocycles. The van der Waals surface area contributed by atoms with Crippen LogP contribution in [0.25, 0.3) is 65.9 Å². The lowest BCUT2D eigenvalue weighted by Crippen LogP contribution is -2.31. The van der Waals surface area contributed by atoms with Gasteiger partial charge < -0.3 is 4.42 Å². The Morgan fingerprint density at radius 3 is 2.18 bits per heavy atom. The molecular formula is C34H22FN2O+. The van der Waals surface area contributed by atoms with E-state index >= 15 is 0 Å². The fraction of sp³-hybridized carbons (Fsp3) is 0.0588. The minimum Gasteiger partial charge on any atom is -0.454 e. The van der Waals surface area contributed by atoms with E-state index in [0.717, 1.165) is 60.5 Å². The first-order valence-electron chi connectivity index (χ1n) is 12.5. The summed E-state index contributed by atoms with van der Waals surface area (Å²) >= 11 is 0. The van der Waals surface area contributed by atoms with Gasteiger partial charge in [0.1, 0.15) is 18.2 Å². The maximum absolute atomic E-state index is 13.9. The summed E-state index contributed by atoms with van der Waals surface area (Å²) in [4.78, 5) is 0. The van der Waals surface area contributed by atoms with Crippen LogP contribution in [0, 0.1) is 24.1 Å². The molecule has 0 N–H and O–H groups in total. The van der Waals surface area contributed by atoms with Crippen molar-refractivity contribution in [1.29, 1.82) is 5.26 Å². The zero-order chi connectivity index (χ0) is 26.0. The van der Waals surface area contributed by atoms with Gasteiger partial charge in [-0.05, 0) is 63.9 Å². The second kappa shape index (κ2) is 8.26. The van der Waals surface area contributed by atoms with Crippen molar-refractivity contribution >= 4 is 43.5 Å². The van der Waals surface area contributed by atoms with Gasteiger partial charge in [0.25, 0.3) is 0 Å². The average molecular weight is 494 g/mol. The Morgan fingerprint density at radius 2 is 1.42 bits per heavy atom. The van der Waals surface area contributed by atoms with E-state index in [1.54, 1.807) is 10.6 Å². The molecule has 4 heteroatoms. The van der Waals surface area contributed by atoms with Crippen molar-refractivity contribution in [1.82, 2.24) is 0 Å². The van der Waals surface area contributed by atoms with Crippen LogP contribution < -0.4 is 4.57 Å². The van der Waals surface area contributed by atoms with Crippen LogP contribution in [0.15, 0.2) is 102 Å². The molecule has 3 nitrogen and oxygen atoms in total. The van der Waals surface area contributed by atoms with Crippen LogP contribution in [0.3, 0.4) is 0 Å². The Morgan fingerprint density at radius 1 is 0.737 bits per heavy atom. The van der Waals surface area contributed by atoms with Crippen molar-refractivity contribution in [3.63, 3.8) is 0 Å². The Hall–Kier alpha value is -5.01. The fourth-order valence-corrected chi connectivity index (χ4v) is 5.78. The zero-order valence-corrected chi connectivity index (χ0v) is 20.9. The topological polar surface area (TPSA) is 40.8 Å². The monoisotopic (exact) mass is 493 g/mol. The van der Waals surface area contributed by atoms with Crippen molar-refractivity contribution in [2.75, 3.05) is 0 Å². The number of fused-ring (bicyclic) bond motifs is 6. The number of rotatable bonds is 2. The highest BCUT2D eigenvalue weighted by Gasteiger charge is 2.24. The molecule has 0 atom stereocenters. The number of aryl methyl sites for hydroxylation is 2. The molecule has 5 aromatic carbocycles. The standard InChI is InChI=1S/C34H22FN2O/c1-20-11-14-27-28-15-12-22(18-36)32(34(28)38-33(27)31(20)30-16-13-23(35)19-37(30)2)29-17-21-7-3-4-8-24(21)25-9-5-6-10-26(25)29/h3-17,19H,1-2H3/q+1. The third-order valence-corrected chi connectivity index (χ3v) is 7.53. The molecule has 0 spiro atoms. The molecule has 180 valence electrons. The lowest BCUT2D eigenvalue weighted by Gasteiger charge is -2.12. The van der Waals surface area contributed by atoms with E-state index in [9.17, 15) is 9.65 Å². The third-order valence-electron chi connectivity index (χ3n) is 7.53. The van der Waals surface area contributed by atoms with Crippen LogP contribution >= 0.6 is 0 Å². The van der Waals surface area contributed by atoms with E-state index in [2.05, 4.69) is 54.6 Å². The second-order valence-electron chi connectivity index (χ2n) is 9.75. The molecule has 7 aromatic rings. The number of benzene rings is 5. The molecule has 0 bridgehead atoms. The fourth-order valence-electron chi connectivity index (χ4n) is 5.78. The third kappa shape index (κ3) is 3.16. The lowest BCUT2D eigenvalue weighted by atomic mass is 9.90. The van der Waals surface area contributed by atoms with Crippen LogP contribution in [0.1, 0.15) is 11.1 Å². The molecule has 38 heavy (non-hydrogen) atoms. The predicted molar refractivity (Wildman–Crippen MR) is 150 cm³/mol. The van der Waals surface area contributed by atoms with Gasteiger partial charge in [-0.1, -0.05) is 60.7 Å². The number of aromatic nitrogens is 1. The largest absolute Gasteiger partial charge is 0.454 e. The summed E-state index contributed by atoms with van der Waals surface area (Å²) in [5.74, 6) is -0.296. The van der Waals surface area contributed by atoms with Crippen molar-refractivity contribution < 1.29 is 13.4 Å². The molecule has 0 aliphatic rings. The molecule has 0 saturated carbocycles. The van der Waals surface area contributed by atoms with Crippen LogP contribution in [0.4, 0.5) is 4.39 Å². The molecule has 0 unspecified atom stereocenters. The Balaban J connectivity index is 1.64. The number of nitrogens with zero attached hydrogens (tertiary/aromatic N) is 2. The van der Waals surface area contributed by atoms with E-state index in [1.807, 2.05) is 44.3 Å². The number of hydrogen-bond donors (Lipinski definition) is 0. The van der Waals surface area contributed by atoms with Gasteiger partial charge in [0.05, 0.1) is 17.2 Å². The number of pyridine rings is 1. The maximum Gasteiger partial charge on any atom is 0.216 e. The van der Waals surface area contributed by atoms with Gasteiger partial charge in [-0.15, -0.1) is 0 Å². The highest BCUT2D eigenvalue weighted by molar-refractivity contribution is 6.19. The maximum atomic E-state index is 13.9. The van der Waals surface area contributed by atoms with Crippen LogP contribution in [-0.2, 0) is 7.05 Å². The zero-order valence-electron chi connectivity index (χ0n) is 20.9. The summed E-state index contributed by atoms with van der Waals surface area (Å²) in [5.41, 5.74) is 6.50. The number of nitriles is 1. The predicted octanol–water partition coefficient (Wildman–Crippen LogP) is 8.37. The first-order chi connectivity index (χ1) is 18.5. The first-order valence-corrected chi connectivity index (χ1v) is 12.5. The van der Waals surface area contributed by atoms with E-state index in [-0.39, 0.29) is 5.82 Å². The van der Waals surface area contributed by atoms with Crippen molar-refractivity contribution in [3.05, 3.63) is 114 Å². The summed E-state index contributed by atoms with van der Waals surface area (Å²) in [6.45, 7) is 2.03. The molecule has 0 aliphatic carbocycles. The molecule has 0 aliphatic heterocycles. The van der Waals surface area contributed by atoms with Gasteiger partial charge in [0, 0.05) is 22.4 Å². The summed E-state index contributed by atoms with van der Waals surface area (Å²) in [6, 6.07) is 32.4. The summed E-state index contributed by atoms with van der Waals surface area (Å²) in [7, 11) is 1.83. The van der Waals surface area contributed by atoms with Gasteiger partial charge in [-0.25, -0.2) is 4.39 Å². The highest BCUT2D eigenvalue weighted by atomic mass is 19.1. The number of furan rings is 1. The molecule has 0 fully saturated rings. The van der Waals surface area contributed by atoms with E-state index in [0.29, 0.717) is 11.1 Å². The molecule has 7 rings (SSSR count). The van der Waals surface area contributed by atoms with Gasteiger partial charge in [-0.3, -0.25) is 0 Å². The minimum atomic E-state index is -0.296. The average Bonchev–Trinajstić information content (AvgIpc) is 3.31. The van der Waals surface area contributed by atoms with Crippen molar-refractivity contribution in [3.8, 4) is 28.5 Å². The van der Waals surface area contributed by atoms with E-state index in [1.165, 1.54) is 17.6 Å². The van der Waals surface area contributed by atoms with Crippen LogP contribution in [-0.4, -0.2) is 0 Å². The second-order valence-corrected chi connectivity index (χ2v) is 9.75. The van der Waals surface area contributed by atoms with Crippen LogP contribution in [0.5, 0.6) is 0 Å². The van der Waals surface area contributed by atoms with Crippen LogP contribution in [0.2, 0.25) is 0 Å². The molecular weight excluding hydrogens is 471 g/mol. The van der Waals surface area contributed by atoms with Crippen molar-refractivity contribution in [2.24, 2.45) is 7.05 Å². The molecule has 2 aromatic heterocycles. The van der Waals surface area contributed by atoms with E-state index in [4.69, 9.17) is 4.42 Å². The first kappa shape index (κ1) is 22.2. The van der Waals surface area contributed by atoms with Gasteiger partial charge in [-0.2, -0.15) is 9.83 Å². The highest BCUT2D eigenvalue weighted by Crippen LogP contribution is 2.44. The summed E-state index contributed by atoms with van der Waals surface area (Å²) in [6.07, 6.45) is 1.47. The number of hydrogen-bond acceptors (Lipinski definition) is 2. The SMILES string of the molecule is Cc1ccc2c(oc3c(-c4cc5ccccc5c5ccccc45)c(C#N)ccc32)c1-c1ccc(F)c[n+]1C. The number of halogens is 1. The Bertz CT molecular complexity index is 2130. The summed E-state index contributed by atoms with van der Waals surface area (Å²) < 4.78 is 22.4. The molecule has 2 heterocycles. The van der Waals surface area contributed by atoms with E-state index < -0.39 is 0 Å². The van der Waals surface area contributed by atoms with Gasteiger partial charge in [0.2, 0.25) is 11.9 Å². The summed E-state index contributed by atoms with van der Waals surface area (Å²) in [5, 5.41) is 16.6. The molecule has 0 amide bonds. The quantitative estimate of drug-likeness (QED) is 0.179. The Kier molecular flexibility index (Phi) is 4.83. The molecule has 0 radical (unpaired) electrons. The lowest BCUT2D eigenvalue weighted by molar-refractivity contribution is -0.661. The van der Waals surface area contributed by atoms with Crippen molar-refractivity contribution in [2.45, 2.75) is 6.92 Å². The minimum absolute atomic E-state index is 0.296.